The minimum Gasteiger partial charge on any atom is -0.384 e. The number of hydrogen-bond acceptors (Lipinski definition) is 1. The third kappa shape index (κ3) is 2.10. The summed E-state index contributed by atoms with van der Waals surface area (Å²) >= 11 is 0. The normalized spacial score (nSPS) is 12.6. The Kier molecular flexibility index (Phi) is 3.29. The van der Waals surface area contributed by atoms with E-state index in [1.54, 1.807) is 0 Å². The summed E-state index contributed by atoms with van der Waals surface area (Å²) in [5.74, 6) is 0. The van der Waals surface area contributed by atoms with Crippen molar-refractivity contribution < 1.29 is 5.11 Å². The van der Waals surface area contributed by atoms with Crippen LogP contribution in [0, 0.1) is 13.8 Å². The molecule has 0 aliphatic rings. The topological polar surface area (TPSA) is 20.2 Å². The van der Waals surface area contributed by atoms with E-state index in [0.717, 1.165) is 27.5 Å². The van der Waals surface area contributed by atoms with Gasteiger partial charge in [-0.05, 0) is 46.9 Å². The van der Waals surface area contributed by atoms with Crippen LogP contribution in [0.15, 0.2) is 60.7 Å². The van der Waals surface area contributed by atoms with E-state index in [-0.39, 0.29) is 0 Å². The largest absolute Gasteiger partial charge is 0.384 e. The van der Waals surface area contributed by atoms with Gasteiger partial charge < -0.3 is 5.11 Å². The molecule has 1 nitrogen and oxygen atoms in total. The Hall–Kier alpha value is -2.12. The second-order valence-corrected chi connectivity index (χ2v) is 5.26. The van der Waals surface area contributed by atoms with E-state index in [9.17, 15) is 5.11 Å². The lowest BCUT2D eigenvalue weighted by atomic mass is 9.92. The van der Waals surface area contributed by atoms with E-state index in [1.165, 1.54) is 5.56 Å². The van der Waals surface area contributed by atoms with Gasteiger partial charge in [-0.2, -0.15) is 0 Å². The molecule has 0 amide bonds. The molecule has 1 unspecified atom stereocenters. The van der Waals surface area contributed by atoms with Gasteiger partial charge in [0.15, 0.2) is 0 Å². The fourth-order valence-electron chi connectivity index (χ4n) is 2.73. The van der Waals surface area contributed by atoms with Crippen molar-refractivity contribution >= 4 is 10.8 Å². The van der Waals surface area contributed by atoms with Gasteiger partial charge >= 0.3 is 0 Å². The number of hydrogen-bond donors (Lipinski definition) is 1. The van der Waals surface area contributed by atoms with E-state index in [4.69, 9.17) is 0 Å². The molecule has 0 saturated carbocycles. The van der Waals surface area contributed by atoms with E-state index >= 15 is 0 Å². The van der Waals surface area contributed by atoms with E-state index in [1.807, 2.05) is 36.4 Å². The third-order valence-corrected chi connectivity index (χ3v) is 4.06. The van der Waals surface area contributed by atoms with Gasteiger partial charge in [0, 0.05) is 0 Å². The summed E-state index contributed by atoms with van der Waals surface area (Å²) in [7, 11) is 0. The van der Waals surface area contributed by atoms with Gasteiger partial charge in [0.05, 0.1) is 0 Å². The molecular formula is C19H18O. The van der Waals surface area contributed by atoms with E-state index in [2.05, 4.69) is 38.1 Å². The molecule has 0 radical (unpaired) electrons. The minimum absolute atomic E-state index is 0.582. The third-order valence-electron chi connectivity index (χ3n) is 4.06. The summed E-state index contributed by atoms with van der Waals surface area (Å²) in [5.41, 5.74) is 4.33. The van der Waals surface area contributed by atoms with Crippen LogP contribution >= 0.6 is 0 Å². The van der Waals surface area contributed by atoms with Crippen LogP contribution in [0.25, 0.3) is 10.8 Å². The van der Waals surface area contributed by atoms with Gasteiger partial charge in [0.25, 0.3) is 0 Å². The summed E-state index contributed by atoms with van der Waals surface area (Å²) in [6.45, 7) is 4.15. The molecule has 3 aromatic carbocycles. The first-order valence-electron chi connectivity index (χ1n) is 6.90. The fraction of sp³-hybridized carbons (Fsp3) is 0.158. The maximum absolute atomic E-state index is 10.8. The minimum atomic E-state index is -0.582. The maximum Gasteiger partial charge on any atom is 0.105 e. The van der Waals surface area contributed by atoms with E-state index in [0.29, 0.717) is 0 Å². The maximum atomic E-state index is 10.8. The van der Waals surface area contributed by atoms with Gasteiger partial charge in [-0.25, -0.2) is 0 Å². The smallest absolute Gasteiger partial charge is 0.105 e. The van der Waals surface area contributed by atoms with Crippen molar-refractivity contribution in [2.45, 2.75) is 20.0 Å². The summed E-state index contributed by atoms with van der Waals surface area (Å²) in [6.07, 6.45) is -0.582. The molecule has 0 fully saturated rings. The average Bonchev–Trinajstić information content (AvgIpc) is 2.49. The van der Waals surface area contributed by atoms with Crippen LogP contribution < -0.4 is 0 Å². The zero-order valence-corrected chi connectivity index (χ0v) is 11.8. The molecule has 0 aliphatic heterocycles. The SMILES string of the molecule is Cc1cccc(C(O)c2cccc3ccccc23)c1C. The fourth-order valence-corrected chi connectivity index (χ4v) is 2.73. The highest BCUT2D eigenvalue weighted by Gasteiger charge is 2.15. The summed E-state index contributed by atoms with van der Waals surface area (Å²) < 4.78 is 0. The Morgan fingerprint density at radius 1 is 0.750 bits per heavy atom. The Labute approximate surface area is 119 Å². The predicted octanol–water partition coefficient (Wildman–Crippen LogP) is 4.54. The van der Waals surface area contributed by atoms with Gasteiger partial charge in [0.2, 0.25) is 0 Å². The molecule has 1 heteroatoms. The predicted molar refractivity (Wildman–Crippen MR) is 83.9 cm³/mol. The van der Waals surface area contributed by atoms with Crippen molar-refractivity contribution in [2.24, 2.45) is 0 Å². The van der Waals surface area contributed by atoms with Crippen LogP contribution in [-0.4, -0.2) is 5.11 Å². The molecule has 1 N–H and O–H groups in total. The molecule has 20 heavy (non-hydrogen) atoms. The van der Waals surface area contributed by atoms with Gasteiger partial charge in [-0.3, -0.25) is 0 Å². The number of rotatable bonds is 2. The first-order valence-corrected chi connectivity index (χ1v) is 6.90. The molecule has 3 rings (SSSR count). The monoisotopic (exact) mass is 262 g/mol. The summed E-state index contributed by atoms with van der Waals surface area (Å²) in [4.78, 5) is 0. The van der Waals surface area contributed by atoms with Crippen LogP contribution in [0.1, 0.15) is 28.4 Å². The van der Waals surface area contributed by atoms with Crippen molar-refractivity contribution in [3.8, 4) is 0 Å². The van der Waals surface area contributed by atoms with Crippen molar-refractivity contribution in [3.63, 3.8) is 0 Å². The van der Waals surface area contributed by atoms with Crippen molar-refractivity contribution in [2.75, 3.05) is 0 Å². The highest BCUT2D eigenvalue weighted by Crippen LogP contribution is 2.31. The van der Waals surface area contributed by atoms with Gasteiger partial charge in [-0.15, -0.1) is 0 Å². The second-order valence-electron chi connectivity index (χ2n) is 5.26. The number of aliphatic hydroxyl groups excluding tert-OH is 1. The Morgan fingerprint density at radius 3 is 2.25 bits per heavy atom. The van der Waals surface area contributed by atoms with Crippen LogP contribution in [0.2, 0.25) is 0 Å². The lowest BCUT2D eigenvalue weighted by Gasteiger charge is -2.17. The average molecular weight is 262 g/mol. The summed E-state index contributed by atoms with van der Waals surface area (Å²) in [5, 5.41) is 13.1. The van der Waals surface area contributed by atoms with Crippen molar-refractivity contribution in [1.29, 1.82) is 0 Å². The second kappa shape index (κ2) is 5.10. The molecule has 0 spiro atoms. The molecule has 3 aromatic rings. The first kappa shape index (κ1) is 12.9. The highest BCUT2D eigenvalue weighted by atomic mass is 16.3. The van der Waals surface area contributed by atoms with Crippen LogP contribution in [0.4, 0.5) is 0 Å². The lowest BCUT2D eigenvalue weighted by Crippen LogP contribution is -2.03. The molecule has 0 heterocycles. The lowest BCUT2D eigenvalue weighted by molar-refractivity contribution is 0.221. The molecule has 0 aliphatic carbocycles. The Bertz CT molecular complexity index is 753. The Morgan fingerprint density at radius 2 is 1.40 bits per heavy atom. The standard InChI is InChI=1S/C19H18O/c1-13-7-5-11-16(14(13)2)19(20)18-12-6-9-15-8-3-4-10-17(15)18/h3-12,19-20H,1-2H3. The number of benzene rings is 3. The van der Waals surface area contributed by atoms with Gasteiger partial charge in [-0.1, -0.05) is 60.7 Å². The molecule has 0 aromatic heterocycles. The molecular weight excluding hydrogens is 244 g/mol. The van der Waals surface area contributed by atoms with E-state index < -0.39 is 6.10 Å². The first-order chi connectivity index (χ1) is 9.68. The van der Waals surface area contributed by atoms with Crippen LogP contribution in [-0.2, 0) is 0 Å². The molecule has 0 bridgehead atoms. The molecule has 0 saturated heterocycles. The number of aryl methyl sites for hydroxylation is 1. The highest BCUT2D eigenvalue weighted by molar-refractivity contribution is 5.86. The zero-order valence-electron chi connectivity index (χ0n) is 11.8. The summed E-state index contributed by atoms with van der Waals surface area (Å²) in [6, 6.07) is 20.4. The zero-order chi connectivity index (χ0) is 14.1. The van der Waals surface area contributed by atoms with Crippen molar-refractivity contribution in [1.82, 2.24) is 0 Å². The van der Waals surface area contributed by atoms with Crippen LogP contribution in [0.5, 0.6) is 0 Å². The van der Waals surface area contributed by atoms with Crippen molar-refractivity contribution in [3.05, 3.63) is 82.9 Å². The quantitative estimate of drug-likeness (QED) is 0.719. The number of aliphatic hydroxyl groups is 1. The van der Waals surface area contributed by atoms with Crippen LogP contribution in [0.3, 0.4) is 0 Å². The molecule has 1 atom stereocenters. The van der Waals surface area contributed by atoms with Gasteiger partial charge in [0.1, 0.15) is 6.10 Å². The molecule has 100 valence electrons. The number of fused-ring (bicyclic) bond motifs is 1. The Balaban J connectivity index is 2.18.